The highest BCUT2D eigenvalue weighted by Gasteiger charge is 2.28. The minimum Gasteiger partial charge on any atom is -0.497 e. The summed E-state index contributed by atoms with van der Waals surface area (Å²) in [6, 6.07) is 11.7. The highest BCUT2D eigenvalue weighted by atomic mass is 32.2. The van der Waals surface area contributed by atoms with E-state index in [1.807, 2.05) is 0 Å². The zero-order valence-corrected chi connectivity index (χ0v) is 16.8. The van der Waals surface area contributed by atoms with Gasteiger partial charge in [0.05, 0.1) is 30.6 Å². The predicted molar refractivity (Wildman–Crippen MR) is 111 cm³/mol. The number of aliphatic imine (C=N–C) groups is 1. The van der Waals surface area contributed by atoms with Crippen LogP contribution in [0.2, 0.25) is 0 Å². The Morgan fingerprint density at radius 3 is 2.79 bits per heavy atom. The highest BCUT2D eigenvalue weighted by molar-refractivity contribution is 7.91. The number of anilines is 1. The zero-order chi connectivity index (χ0) is 20.1. The number of hydrogen-bond acceptors (Lipinski definition) is 6. The van der Waals surface area contributed by atoms with E-state index in [0.29, 0.717) is 24.7 Å². The van der Waals surface area contributed by atoms with Crippen molar-refractivity contribution in [3.63, 3.8) is 0 Å². The van der Waals surface area contributed by atoms with Crippen molar-refractivity contribution < 1.29 is 17.9 Å². The van der Waals surface area contributed by atoms with Gasteiger partial charge in [-0.15, -0.1) is 0 Å². The first-order valence-electron chi connectivity index (χ1n) is 8.40. The molecule has 1 heterocycles. The lowest BCUT2D eigenvalue weighted by Gasteiger charge is -2.24. The molecule has 0 aromatic heterocycles. The van der Waals surface area contributed by atoms with Gasteiger partial charge in [-0.1, -0.05) is 12.1 Å². The molecule has 28 heavy (non-hydrogen) atoms. The summed E-state index contributed by atoms with van der Waals surface area (Å²) in [6.07, 6.45) is 0.971. The fourth-order valence-corrected chi connectivity index (χ4v) is 4.42. The minimum absolute atomic E-state index is 0.00130. The fraction of sp³-hybridized carbons (Fsp3) is 0.222. The second-order valence-corrected chi connectivity index (χ2v) is 8.08. The molecule has 0 saturated heterocycles. The molecular formula is C18H20N4O4S2. The summed E-state index contributed by atoms with van der Waals surface area (Å²) in [5, 5.41) is 3.00. The monoisotopic (exact) mass is 420 g/mol. The quantitative estimate of drug-likeness (QED) is 0.433. The lowest BCUT2D eigenvalue weighted by Crippen LogP contribution is -2.34. The van der Waals surface area contributed by atoms with Crippen LogP contribution in [0.3, 0.4) is 0 Å². The minimum atomic E-state index is -3.99. The van der Waals surface area contributed by atoms with Crippen LogP contribution in [0.4, 0.5) is 5.69 Å². The van der Waals surface area contributed by atoms with Gasteiger partial charge in [0.1, 0.15) is 18.1 Å². The second kappa shape index (κ2) is 8.44. The molecule has 0 spiro atoms. The van der Waals surface area contributed by atoms with Crippen molar-refractivity contribution in [2.24, 2.45) is 10.7 Å². The number of rotatable bonds is 5. The van der Waals surface area contributed by atoms with Gasteiger partial charge in [-0.3, -0.25) is 0 Å². The molecule has 10 heteroatoms. The Hall–Kier alpha value is -2.85. The maximum Gasteiger partial charge on any atom is 0.266 e. The lowest BCUT2D eigenvalue weighted by atomic mass is 10.2. The normalized spacial score (nSPS) is 13.3. The number of nitrogens with two attached hydrogens (primary N) is 1. The number of ether oxygens (including phenoxy) is 2. The van der Waals surface area contributed by atoms with Crippen LogP contribution in [0.5, 0.6) is 11.5 Å². The lowest BCUT2D eigenvalue weighted by molar-refractivity contribution is 0.322. The summed E-state index contributed by atoms with van der Waals surface area (Å²) in [7, 11) is -2.43. The molecule has 8 nitrogen and oxygen atoms in total. The Labute approximate surface area is 169 Å². The Balaban J connectivity index is 1.97. The Morgan fingerprint density at radius 1 is 1.36 bits per heavy atom. The number of benzene rings is 2. The molecule has 0 atom stereocenters. The first-order chi connectivity index (χ1) is 13.5. The largest absolute Gasteiger partial charge is 0.497 e. The molecule has 148 valence electrons. The topological polar surface area (TPSA) is 106 Å². The summed E-state index contributed by atoms with van der Waals surface area (Å²) in [6.45, 7) is 1.12. The van der Waals surface area contributed by atoms with Crippen molar-refractivity contribution in [1.82, 2.24) is 4.31 Å². The molecule has 0 saturated carbocycles. The summed E-state index contributed by atoms with van der Waals surface area (Å²) in [5.74, 6) is 1.14. The van der Waals surface area contributed by atoms with E-state index in [2.05, 4.69) is 10.3 Å². The van der Waals surface area contributed by atoms with Crippen LogP contribution in [-0.4, -0.2) is 44.4 Å². The molecule has 1 aliphatic rings. The van der Waals surface area contributed by atoms with Gasteiger partial charge < -0.3 is 20.5 Å². The Kier molecular flexibility index (Phi) is 6.00. The summed E-state index contributed by atoms with van der Waals surface area (Å²) in [5.41, 5.74) is 6.79. The fourth-order valence-electron chi connectivity index (χ4n) is 2.68. The molecular weight excluding hydrogens is 400 g/mol. The van der Waals surface area contributed by atoms with Crippen LogP contribution in [0.25, 0.3) is 0 Å². The first kappa shape index (κ1) is 19.9. The molecule has 3 rings (SSSR count). The van der Waals surface area contributed by atoms with Gasteiger partial charge in [0.2, 0.25) is 5.11 Å². The number of nitrogens with zero attached hydrogens (tertiary/aromatic N) is 2. The van der Waals surface area contributed by atoms with Crippen molar-refractivity contribution in [2.45, 2.75) is 11.4 Å². The maximum absolute atomic E-state index is 13.3. The smallest absolute Gasteiger partial charge is 0.266 e. The van der Waals surface area contributed by atoms with E-state index in [1.54, 1.807) is 37.4 Å². The average molecular weight is 421 g/mol. The third-order valence-corrected chi connectivity index (χ3v) is 6.27. The van der Waals surface area contributed by atoms with Crippen molar-refractivity contribution in [3.05, 3.63) is 48.0 Å². The van der Waals surface area contributed by atoms with Crippen LogP contribution < -0.4 is 20.5 Å². The maximum atomic E-state index is 13.3. The van der Waals surface area contributed by atoms with Gasteiger partial charge in [0, 0.05) is 12.6 Å². The van der Waals surface area contributed by atoms with Crippen molar-refractivity contribution >= 4 is 39.4 Å². The van der Waals surface area contributed by atoms with E-state index >= 15 is 0 Å². The summed E-state index contributed by atoms with van der Waals surface area (Å²) < 4.78 is 38.3. The predicted octanol–water partition coefficient (Wildman–Crippen LogP) is 1.96. The SMILES string of the molecule is COc1ccc(CN(C(=S)/N=C\N)S(=O)(=O)c2ccc3c(c2)OCCN3)cc1. The summed E-state index contributed by atoms with van der Waals surface area (Å²) >= 11 is 5.19. The molecule has 2 aromatic rings. The second-order valence-electron chi connectivity index (χ2n) is 5.85. The van der Waals surface area contributed by atoms with Crippen molar-refractivity contribution in [2.75, 3.05) is 25.6 Å². The zero-order valence-electron chi connectivity index (χ0n) is 15.2. The van der Waals surface area contributed by atoms with Gasteiger partial charge in [-0.2, -0.15) is 0 Å². The van der Waals surface area contributed by atoms with Gasteiger partial charge in [0.25, 0.3) is 10.0 Å². The number of methoxy groups -OCH3 is 1. The number of fused-ring (bicyclic) bond motifs is 1. The Morgan fingerprint density at radius 2 is 2.11 bits per heavy atom. The molecule has 0 bridgehead atoms. The van der Waals surface area contributed by atoms with Gasteiger partial charge in [0.15, 0.2) is 0 Å². The molecule has 0 radical (unpaired) electrons. The van der Waals surface area contributed by atoms with E-state index in [-0.39, 0.29) is 16.6 Å². The van der Waals surface area contributed by atoms with E-state index < -0.39 is 10.0 Å². The number of thiocarbonyl (C=S) groups is 1. The van der Waals surface area contributed by atoms with Crippen LogP contribution in [-0.2, 0) is 16.6 Å². The first-order valence-corrected chi connectivity index (χ1v) is 10.2. The van der Waals surface area contributed by atoms with Crippen molar-refractivity contribution in [3.8, 4) is 11.5 Å². The standard InChI is InChI=1S/C18H20N4O4S2/c1-25-14-4-2-13(3-5-14)11-22(18(27)21-12-19)28(23,24)15-6-7-16-17(10-15)26-9-8-20-16/h2-7,10,12,20H,8-9,11H2,1H3,(H2,19,21,27). The molecule has 0 unspecified atom stereocenters. The molecule has 0 aliphatic carbocycles. The van der Waals surface area contributed by atoms with Gasteiger partial charge >= 0.3 is 0 Å². The third kappa shape index (κ3) is 4.18. The Bertz CT molecular complexity index is 991. The highest BCUT2D eigenvalue weighted by Crippen LogP contribution is 2.31. The van der Waals surface area contributed by atoms with Crippen molar-refractivity contribution in [1.29, 1.82) is 0 Å². The summed E-state index contributed by atoms with van der Waals surface area (Å²) in [4.78, 5) is 3.85. The van der Waals surface area contributed by atoms with Gasteiger partial charge in [-0.05, 0) is 42.0 Å². The van der Waals surface area contributed by atoms with Crippen LogP contribution in [0, 0.1) is 0 Å². The third-order valence-electron chi connectivity index (χ3n) is 4.10. The van der Waals surface area contributed by atoms with Crippen LogP contribution in [0.1, 0.15) is 5.56 Å². The van der Waals surface area contributed by atoms with Gasteiger partial charge in [-0.25, -0.2) is 17.7 Å². The van der Waals surface area contributed by atoms with Crippen LogP contribution >= 0.6 is 12.2 Å². The van der Waals surface area contributed by atoms with E-state index in [4.69, 9.17) is 27.4 Å². The van der Waals surface area contributed by atoms with E-state index in [1.165, 1.54) is 12.1 Å². The molecule has 1 aliphatic heterocycles. The number of sulfonamides is 1. The number of nitrogens with one attached hydrogen (secondary N) is 1. The molecule has 0 amide bonds. The number of hydrogen-bond donors (Lipinski definition) is 2. The molecule has 0 fully saturated rings. The van der Waals surface area contributed by atoms with E-state index in [0.717, 1.165) is 21.9 Å². The molecule has 3 N–H and O–H groups in total. The molecule has 2 aromatic carbocycles. The average Bonchev–Trinajstić information content (AvgIpc) is 2.72. The van der Waals surface area contributed by atoms with Crippen LogP contribution in [0.15, 0.2) is 52.4 Å². The van der Waals surface area contributed by atoms with E-state index in [9.17, 15) is 8.42 Å².